The standard InChI is InChI=1S/C22H40O4S4/c27-9-5-23-1-3-25-7-11-29-18-15-19-17-13-21(20(19)16-18)22(14-17)30-12-8-26-4-2-24-6-10-28/h17-22,27-28H,1-16H2. The Morgan fingerprint density at radius 3 is 1.77 bits per heavy atom. The van der Waals surface area contributed by atoms with E-state index in [1.165, 1.54) is 25.7 Å². The van der Waals surface area contributed by atoms with Gasteiger partial charge in [0, 0.05) is 33.5 Å². The smallest absolute Gasteiger partial charge is 0.0700 e. The van der Waals surface area contributed by atoms with Crippen LogP contribution in [0.3, 0.4) is 0 Å². The summed E-state index contributed by atoms with van der Waals surface area (Å²) in [4.78, 5) is 0. The molecule has 0 aromatic carbocycles. The van der Waals surface area contributed by atoms with Crippen LogP contribution < -0.4 is 0 Å². The van der Waals surface area contributed by atoms with Gasteiger partial charge >= 0.3 is 0 Å². The molecule has 4 nitrogen and oxygen atoms in total. The Balaban J connectivity index is 1.22. The van der Waals surface area contributed by atoms with Crippen molar-refractivity contribution < 1.29 is 18.9 Å². The van der Waals surface area contributed by atoms with Crippen LogP contribution in [-0.2, 0) is 18.9 Å². The van der Waals surface area contributed by atoms with Crippen LogP contribution in [0.2, 0.25) is 0 Å². The molecule has 30 heavy (non-hydrogen) atoms. The van der Waals surface area contributed by atoms with Crippen LogP contribution in [0.1, 0.15) is 25.7 Å². The zero-order valence-electron chi connectivity index (χ0n) is 18.1. The Morgan fingerprint density at radius 2 is 1.13 bits per heavy atom. The van der Waals surface area contributed by atoms with Crippen LogP contribution in [0.5, 0.6) is 0 Å². The molecule has 176 valence electrons. The fourth-order valence-electron chi connectivity index (χ4n) is 5.59. The lowest BCUT2D eigenvalue weighted by Crippen LogP contribution is -2.26. The fraction of sp³-hybridized carbons (Fsp3) is 1.00. The van der Waals surface area contributed by atoms with E-state index >= 15 is 0 Å². The third kappa shape index (κ3) is 8.23. The van der Waals surface area contributed by atoms with Crippen LogP contribution in [0, 0.1) is 23.7 Å². The van der Waals surface area contributed by atoms with Crippen LogP contribution >= 0.6 is 48.8 Å². The highest BCUT2D eigenvalue weighted by molar-refractivity contribution is 8.00. The van der Waals surface area contributed by atoms with Crippen molar-refractivity contribution in [3.63, 3.8) is 0 Å². The molecule has 0 amide bonds. The first-order valence-corrected chi connectivity index (χ1v) is 15.0. The minimum atomic E-state index is 0.691. The predicted octanol–water partition coefficient (Wildman–Crippen LogP) is 4.18. The van der Waals surface area contributed by atoms with Gasteiger partial charge in [-0.2, -0.15) is 48.8 Å². The second kappa shape index (κ2) is 15.2. The minimum Gasteiger partial charge on any atom is -0.378 e. The molecule has 0 N–H and O–H groups in total. The molecule has 0 heterocycles. The number of fused-ring (bicyclic) bond motifs is 5. The second-order valence-electron chi connectivity index (χ2n) is 8.49. The minimum absolute atomic E-state index is 0.691. The van der Waals surface area contributed by atoms with Gasteiger partial charge in [-0.25, -0.2) is 0 Å². The molecule has 3 rings (SSSR count). The Labute approximate surface area is 202 Å². The monoisotopic (exact) mass is 496 g/mol. The molecule has 0 aromatic heterocycles. The molecule has 2 bridgehead atoms. The SMILES string of the molecule is SCCOCCOCCSC1CC2C3CC(SCCOCCOCCS)C(C3)C2C1. The first-order valence-electron chi connectivity index (χ1n) is 11.6. The van der Waals surface area contributed by atoms with Crippen molar-refractivity contribution in [2.45, 2.75) is 36.2 Å². The van der Waals surface area contributed by atoms with Gasteiger partial charge in [0.1, 0.15) is 0 Å². The van der Waals surface area contributed by atoms with Crippen LogP contribution in [0.25, 0.3) is 0 Å². The molecule has 3 aliphatic rings. The van der Waals surface area contributed by atoms with Crippen molar-refractivity contribution in [3.05, 3.63) is 0 Å². The largest absolute Gasteiger partial charge is 0.378 e. The summed E-state index contributed by atoms with van der Waals surface area (Å²) in [6, 6.07) is 0. The third-order valence-corrected chi connectivity index (χ3v) is 9.72. The molecule has 0 spiro atoms. The third-order valence-electron chi connectivity index (χ3n) is 6.72. The number of hydrogen-bond acceptors (Lipinski definition) is 8. The molecule has 3 aliphatic carbocycles. The van der Waals surface area contributed by atoms with E-state index in [1.54, 1.807) is 0 Å². The highest BCUT2D eigenvalue weighted by Crippen LogP contribution is 2.62. The first kappa shape index (κ1) is 25.9. The van der Waals surface area contributed by atoms with Crippen molar-refractivity contribution >= 4 is 48.8 Å². The van der Waals surface area contributed by atoms with Gasteiger partial charge in [-0.15, -0.1) is 0 Å². The Hall–Kier alpha value is 1.24. The maximum atomic E-state index is 5.72. The van der Waals surface area contributed by atoms with Gasteiger partial charge in [-0.3, -0.25) is 0 Å². The lowest BCUT2D eigenvalue weighted by Gasteiger charge is -2.31. The Morgan fingerprint density at radius 1 is 0.567 bits per heavy atom. The average Bonchev–Trinajstić information content (AvgIpc) is 3.43. The van der Waals surface area contributed by atoms with Gasteiger partial charge in [0.25, 0.3) is 0 Å². The van der Waals surface area contributed by atoms with E-state index < -0.39 is 0 Å². The Bertz CT molecular complexity index is 459. The molecule has 3 fully saturated rings. The molecule has 0 radical (unpaired) electrons. The summed E-state index contributed by atoms with van der Waals surface area (Å²) in [6.07, 6.45) is 5.85. The Kier molecular flexibility index (Phi) is 13.1. The molecule has 0 saturated heterocycles. The molecular formula is C22H40O4S4. The van der Waals surface area contributed by atoms with Crippen molar-refractivity contribution in [3.8, 4) is 0 Å². The number of hydrogen-bond donors (Lipinski definition) is 2. The topological polar surface area (TPSA) is 36.9 Å². The van der Waals surface area contributed by atoms with Crippen LogP contribution in [-0.4, -0.2) is 86.4 Å². The van der Waals surface area contributed by atoms with Gasteiger partial charge in [0.2, 0.25) is 0 Å². The highest BCUT2D eigenvalue weighted by Gasteiger charge is 2.55. The molecule has 8 heteroatoms. The molecular weight excluding hydrogens is 457 g/mol. The van der Waals surface area contributed by atoms with Gasteiger partial charge in [0.15, 0.2) is 0 Å². The zero-order valence-corrected chi connectivity index (χ0v) is 21.5. The zero-order chi connectivity index (χ0) is 21.0. The van der Waals surface area contributed by atoms with E-state index in [-0.39, 0.29) is 0 Å². The quantitative estimate of drug-likeness (QED) is 0.219. The summed E-state index contributed by atoms with van der Waals surface area (Å²) in [5.74, 6) is 7.78. The van der Waals surface area contributed by atoms with Crippen LogP contribution in [0.15, 0.2) is 0 Å². The van der Waals surface area contributed by atoms with Gasteiger partial charge in [0.05, 0.1) is 52.9 Å². The summed E-state index contributed by atoms with van der Waals surface area (Å²) in [6.45, 7) is 5.94. The normalized spacial score (nSPS) is 32.2. The summed E-state index contributed by atoms with van der Waals surface area (Å²) in [7, 11) is 0. The van der Waals surface area contributed by atoms with Crippen LogP contribution in [0.4, 0.5) is 0 Å². The molecule has 6 unspecified atom stereocenters. The van der Waals surface area contributed by atoms with E-state index in [0.29, 0.717) is 39.6 Å². The van der Waals surface area contributed by atoms with E-state index in [2.05, 4.69) is 48.8 Å². The maximum Gasteiger partial charge on any atom is 0.0700 e. The van der Waals surface area contributed by atoms with Crippen molar-refractivity contribution in [1.29, 1.82) is 0 Å². The van der Waals surface area contributed by atoms with Gasteiger partial charge in [-0.1, -0.05) is 0 Å². The number of rotatable bonds is 18. The highest BCUT2D eigenvalue weighted by atomic mass is 32.2. The van der Waals surface area contributed by atoms with E-state index in [9.17, 15) is 0 Å². The molecule has 0 aliphatic heterocycles. The van der Waals surface area contributed by atoms with E-state index in [4.69, 9.17) is 18.9 Å². The molecule has 3 saturated carbocycles. The summed E-state index contributed by atoms with van der Waals surface area (Å²) < 4.78 is 22.2. The number of ether oxygens (including phenoxy) is 4. The van der Waals surface area contributed by atoms with Crippen molar-refractivity contribution in [1.82, 2.24) is 0 Å². The predicted molar refractivity (Wildman–Crippen MR) is 136 cm³/mol. The van der Waals surface area contributed by atoms with E-state index in [0.717, 1.165) is 70.4 Å². The molecule has 0 aromatic rings. The van der Waals surface area contributed by atoms with Gasteiger partial charge in [-0.05, 0) is 49.4 Å². The lowest BCUT2D eigenvalue weighted by molar-refractivity contribution is 0.0605. The number of thiol groups is 2. The maximum absolute atomic E-state index is 5.72. The fourth-order valence-corrected chi connectivity index (χ4v) is 8.57. The summed E-state index contributed by atoms with van der Waals surface area (Å²) >= 11 is 12.6. The van der Waals surface area contributed by atoms with Gasteiger partial charge < -0.3 is 18.9 Å². The summed E-state index contributed by atoms with van der Waals surface area (Å²) in [5.41, 5.74) is 0. The first-order chi connectivity index (χ1) is 14.8. The van der Waals surface area contributed by atoms with E-state index in [1.807, 2.05) is 0 Å². The summed E-state index contributed by atoms with van der Waals surface area (Å²) in [5, 5.41) is 1.74. The van der Waals surface area contributed by atoms with Crippen molar-refractivity contribution in [2.75, 3.05) is 75.9 Å². The molecule has 6 atom stereocenters. The second-order valence-corrected chi connectivity index (χ2v) is 12.1. The number of thioether (sulfide) groups is 2. The lowest BCUT2D eigenvalue weighted by atomic mass is 9.81. The average molecular weight is 497 g/mol. The van der Waals surface area contributed by atoms with Crippen molar-refractivity contribution in [2.24, 2.45) is 23.7 Å².